The first-order valence-electron chi connectivity index (χ1n) is 8.86. The Kier molecular flexibility index (Phi) is 4.97. The molecule has 2 aromatic rings. The van der Waals surface area contributed by atoms with Crippen molar-refractivity contribution in [2.75, 3.05) is 11.9 Å². The molecular formula is C15H20N6O7. The SMILES string of the molecule is O=[N+]([O-])OC[C@H]1O[C@@H](n2cnc3c(N[C@@H]4CCC[C@@H]4O)ncnc32)[C@H](O)[C@@H]1O. The van der Waals surface area contributed by atoms with Gasteiger partial charge in [-0.1, -0.05) is 0 Å². The normalized spacial score (nSPS) is 32.7. The second-order valence-corrected chi connectivity index (χ2v) is 6.86. The molecule has 0 unspecified atom stereocenters. The number of hydrogen-bond donors (Lipinski definition) is 4. The summed E-state index contributed by atoms with van der Waals surface area (Å²) >= 11 is 0. The molecule has 1 aliphatic carbocycles. The maximum absolute atomic E-state index is 10.4. The fourth-order valence-electron chi connectivity index (χ4n) is 3.66. The number of aliphatic hydroxyl groups is 3. The monoisotopic (exact) mass is 396 g/mol. The van der Waals surface area contributed by atoms with Crippen LogP contribution in [0.1, 0.15) is 25.5 Å². The van der Waals surface area contributed by atoms with Crippen molar-refractivity contribution >= 4 is 17.0 Å². The minimum Gasteiger partial charge on any atom is -0.391 e. The molecule has 1 saturated carbocycles. The number of aromatic nitrogens is 4. The Bertz CT molecular complexity index is 863. The zero-order valence-electron chi connectivity index (χ0n) is 14.7. The predicted octanol–water partition coefficient (Wildman–Crippen LogP) is -1.02. The van der Waals surface area contributed by atoms with Gasteiger partial charge in [0.2, 0.25) is 0 Å². The standard InChI is InChI=1S/C15H20N6O7/c22-8-3-1-2-7(8)19-13-10-14(17-5-16-13)20(6-18-10)15-12(24)11(23)9(28-15)4-27-21(25)26/h5-9,11-12,15,22-24H,1-4H2,(H,16,17,19)/t7-,8+,9-,11-,12-,15-/m1/s1. The van der Waals surface area contributed by atoms with Gasteiger partial charge in [-0.3, -0.25) is 4.57 Å². The Balaban J connectivity index is 1.58. The summed E-state index contributed by atoms with van der Waals surface area (Å²) in [6.07, 6.45) is -0.218. The van der Waals surface area contributed by atoms with Crippen LogP contribution in [0.15, 0.2) is 12.7 Å². The smallest absolute Gasteiger partial charge is 0.294 e. The van der Waals surface area contributed by atoms with Crippen LogP contribution in [0.4, 0.5) is 5.82 Å². The van der Waals surface area contributed by atoms with Gasteiger partial charge in [0, 0.05) is 0 Å². The van der Waals surface area contributed by atoms with Crippen LogP contribution < -0.4 is 5.32 Å². The molecule has 2 aliphatic rings. The summed E-state index contributed by atoms with van der Waals surface area (Å²) in [5.74, 6) is 0.441. The number of rotatable bonds is 6. The number of anilines is 1. The maximum atomic E-state index is 10.4. The first kappa shape index (κ1) is 18.7. The molecule has 1 saturated heterocycles. The Morgan fingerprint density at radius 2 is 2.11 bits per heavy atom. The van der Waals surface area contributed by atoms with E-state index in [2.05, 4.69) is 25.1 Å². The van der Waals surface area contributed by atoms with Crippen LogP contribution in [0.3, 0.4) is 0 Å². The fraction of sp³-hybridized carbons (Fsp3) is 0.667. The summed E-state index contributed by atoms with van der Waals surface area (Å²) in [6.45, 7) is -0.518. The lowest BCUT2D eigenvalue weighted by molar-refractivity contribution is -0.759. The van der Waals surface area contributed by atoms with Crippen LogP contribution in [0.5, 0.6) is 0 Å². The van der Waals surface area contributed by atoms with Crippen LogP contribution in [0, 0.1) is 10.1 Å². The van der Waals surface area contributed by atoms with Crippen molar-refractivity contribution in [1.29, 1.82) is 0 Å². The molecule has 4 rings (SSSR count). The van der Waals surface area contributed by atoms with Crippen LogP contribution in [-0.2, 0) is 9.57 Å². The molecule has 0 spiro atoms. The lowest BCUT2D eigenvalue weighted by Gasteiger charge is -2.18. The first-order chi connectivity index (χ1) is 13.5. The molecule has 4 N–H and O–H groups in total. The van der Waals surface area contributed by atoms with Gasteiger partial charge in [0.1, 0.15) is 31.2 Å². The van der Waals surface area contributed by atoms with Crippen molar-refractivity contribution in [3.05, 3.63) is 22.8 Å². The zero-order chi connectivity index (χ0) is 19.8. The zero-order valence-corrected chi connectivity index (χ0v) is 14.7. The van der Waals surface area contributed by atoms with Gasteiger partial charge in [-0.25, -0.2) is 15.0 Å². The van der Waals surface area contributed by atoms with Crippen molar-refractivity contribution in [1.82, 2.24) is 19.5 Å². The maximum Gasteiger partial charge on any atom is 0.294 e. The van der Waals surface area contributed by atoms with Crippen molar-refractivity contribution < 1.29 is 30.0 Å². The summed E-state index contributed by atoms with van der Waals surface area (Å²) in [6, 6.07) is -0.137. The van der Waals surface area contributed by atoms with E-state index in [1.165, 1.54) is 17.2 Å². The fourth-order valence-corrected chi connectivity index (χ4v) is 3.66. The van der Waals surface area contributed by atoms with E-state index in [1.54, 1.807) is 0 Å². The largest absolute Gasteiger partial charge is 0.391 e. The second-order valence-electron chi connectivity index (χ2n) is 6.86. The number of imidazole rings is 1. The summed E-state index contributed by atoms with van der Waals surface area (Å²) in [5, 5.41) is 43.0. The number of fused-ring (bicyclic) bond motifs is 1. The van der Waals surface area contributed by atoms with E-state index < -0.39 is 42.3 Å². The number of hydrogen-bond acceptors (Lipinski definition) is 11. The van der Waals surface area contributed by atoms with Gasteiger partial charge in [0.15, 0.2) is 23.2 Å². The number of nitrogens with one attached hydrogen (secondary N) is 1. The van der Waals surface area contributed by atoms with E-state index in [1.807, 2.05) is 0 Å². The minimum atomic E-state index is -1.38. The molecule has 13 heteroatoms. The predicted molar refractivity (Wildman–Crippen MR) is 91.5 cm³/mol. The Labute approximate surface area is 158 Å². The summed E-state index contributed by atoms with van der Waals surface area (Å²) in [7, 11) is 0. The molecule has 6 atom stereocenters. The lowest BCUT2D eigenvalue weighted by Crippen LogP contribution is -2.34. The van der Waals surface area contributed by atoms with Crippen molar-refractivity contribution in [2.45, 2.75) is 55.9 Å². The van der Waals surface area contributed by atoms with Gasteiger partial charge in [0.25, 0.3) is 5.09 Å². The van der Waals surface area contributed by atoms with E-state index in [0.29, 0.717) is 23.4 Å². The lowest BCUT2D eigenvalue weighted by atomic mass is 10.1. The minimum absolute atomic E-state index is 0.137. The van der Waals surface area contributed by atoms with Crippen LogP contribution in [0.2, 0.25) is 0 Å². The molecule has 2 aromatic heterocycles. The van der Waals surface area contributed by atoms with Gasteiger partial charge < -0.3 is 30.2 Å². The number of ether oxygens (including phenoxy) is 1. The number of aliphatic hydroxyl groups excluding tert-OH is 3. The third kappa shape index (κ3) is 3.32. The Morgan fingerprint density at radius 1 is 1.29 bits per heavy atom. The average Bonchev–Trinajstić information content (AvgIpc) is 3.34. The second kappa shape index (κ2) is 7.43. The first-order valence-corrected chi connectivity index (χ1v) is 8.86. The van der Waals surface area contributed by atoms with E-state index in [-0.39, 0.29) is 6.04 Å². The topological polar surface area (TPSA) is 178 Å². The molecule has 0 amide bonds. The average molecular weight is 396 g/mol. The highest BCUT2D eigenvalue weighted by molar-refractivity contribution is 5.82. The summed E-state index contributed by atoms with van der Waals surface area (Å²) < 4.78 is 6.98. The van der Waals surface area contributed by atoms with Crippen molar-refractivity contribution in [3.8, 4) is 0 Å². The van der Waals surface area contributed by atoms with Crippen LogP contribution >= 0.6 is 0 Å². The molecule has 13 nitrogen and oxygen atoms in total. The molecular weight excluding hydrogens is 376 g/mol. The van der Waals surface area contributed by atoms with Gasteiger partial charge in [-0.15, -0.1) is 10.1 Å². The molecule has 0 bridgehead atoms. The highest BCUT2D eigenvalue weighted by Crippen LogP contribution is 2.33. The quantitative estimate of drug-likeness (QED) is 0.347. The molecule has 0 radical (unpaired) electrons. The van der Waals surface area contributed by atoms with Gasteiger partial charge in [0.05, 0.1) is 18.5 Å². The Hall–Kier alpha value is -2.61. The third-order valence-corrected chi connectivity index (χ3v) is 5.12. The summed E-state index contributed by atoms with van der Waals surface area (Å²) in [5.41, 5.74) is 0.758. The third-order valence-electron chi connectivity index (χ3n) is 5.12. The van der Waals surface area contributed by atoms with E-state index in [0.717, 1.165) is 12.8 Å². The van der Waals surface area contributed by atoms with E-state index >= 15 is 0 Å². The van der Waals surface area contributed by atoms with Gasteiger partial charge >= 0.3 is 0 Å². The van der Waals surface area contributed by atoms with E-state index in [9.17, 15) is 25.4 Å². The van der Waals surface area contributed by atoms with Crippen molar-refractivity contribution in [2.24, 2.45) is 0 Å². The molecule has 152 valence electrons. The van der Waals surface area contributed by atoms with Crippen molar-refractivity contribution in [3.63, 3.8) is 0 Å². The van der Waals surface area contributed by atoms with Gasteiger partial charge in [-0.05, 0) is 19.3 Å². The number of nitrogens with zero attached hydrogens (tertiary/aromatic N) is 5. The molecule has 2 fully saturated rings. The summed E-state index contributed by atoms with van der Waals surface area (Å²) in [4.78, 5) is 27.2. The molecule has 1 aliphatic heterocycles. The highest BCUT2D eigenvalue weighted by atomic mass is 17.0. The highest BCUT2D eigenvalue weighted by Gasteiger charge is 2.44. The molecule has 3 heterocycles. The van der Waals surface area contributed by atoms with Gasteiger partial charge in [-0.2, -0.15) is 0 Å². The van der Waals surface area contributed by atoms with Crippen LogP contribution in [0.25, 0.3) is 11.2 Å². The molecule has 0 aromatic carbocycles. The van der Waals surface area contributed by atoms with Crippen LogP contribution in [-0.4, -0.2) is 77.0 Å². The Morgan fingerprint density at radius 3 is 2.82 bits per heavy atom. The van der Waals surface area contributed by atoms with E-state index in [4.69, 9.17) is 4.74 Å². The molecule has 28 heavy (non-hydrogen) atoms.